The molecule has 2 aromatic carbocycles. The first-order valence-corrected chi connectivity index (χ1v) is 8.61. The van der Waals surface area contributed by atoms with Gasteiger partial charge in [0.1, 0.15) is 5.75 Å². The first-order chi connectivity index (χ1) is 11.2. The van der Waals surface area contributed by atoms with E-state index in [2.05, 4.69) is 37.3 Å². The summed E-state index contributed by atoms with van der Waals surface area (Å²) < 4.78 is 17.6. The molecule has 0 N–H and O–H groups in total. The van der Waals surface area contributed by atoms with Crippen LogP contribution in [-0.4, -0.2) is 25.6 Å². The highest BCUT2D eigenvalue weighted by atomic mass is 16.7. The Kier molecular flexibility index (Phi) is 4.00. The first kappa shape index (κ1) is 15.0. The van der Waals surface area contributed by atoms with Gasteiger partial charge in [0.25, 0.3) is 0 Å². The zero-order valence-electron chi connectivity index (χ0n) is 13.8. The van der Waals surface area contributed by atoms with Gasteiger partial charge in [-0.05, 0) is 54.2 Å². The van der Waals surface area contributed by atoms with E-state index in [9.17, 15) is 0 Å². The Morgan fingerprint density at radius 1 is 0.870 bits per heavy atom. The summed E-state index contributed by atoms with van der Waals surface area (Å²) >= 11 is 0. The van der Waals surface area contributed by atoms with Gasteiger partial charge in [-0.25, -0.2) is 0 Å². The Labute approximate surface area is 137 Å². The van der Waals surface area contributed by atoms with Gasteiger partial charge >= 0.3 is 0 Å². The van der Waals surface area contributed by atoms with E-state index in [0.29, 0.717) is 12.2 Å². The highest BCUT2D eigenvalue weighted by Crippen LogP contribution is 2.36. The fraction of sp³-hybridized carbons (Fsp3) is 0.500. The number of hydrogen-bond donors (Lipinski definition) is 0. The second-order valence-corrected chi connectivity index (χ2v) is 6.80. The summed E-state index contributed by atoms with van der Waals surface area (Å²) in [7, 11) is 1.70. The number of ether oxygens (including phenoxy) is 3. The highest BCUT2D eigenvalue weighted by molar-refractivity contribution is 5.84. The van der Waals surface area contributed by atoms with E-state index in [1.54, 1.807) is 7.11 Å². The van der Waals surface area contributed by atoms with Crippen LogP contribution >= 0.6 is 0 Å². The molecule has 4 rings (SSSR count). The van der Waals surface area contributed by atoms with Crippen molar-refractivity contribution in [3.63, 3.8) is 0 Å². The molecule has 2 aliphatic carbocycles. The van der Waals surface area contributed by atoms with Crippen molar-refractivity contribution in [2.75, 3.05) is 7.11 Å². The lowest BCUT2D eigenvalue weighted by Gasteiger charge is -2.25. The van der Waals surface area contributed by atoms with Crippen LogP contribution in [0.2, 0.25) is 0 Å². The first-order valence-electron chi connectivity index (χ1n) is 8.61. The number of rotatable bonds is 7. The van der Waals surface area contributed by atoms with Crippen molar-refractivity contribution in [3.05, 3.63) is 42.0 Å². The largest absolute Gasteiger partial charge is 0.497 e. The summed E-state index contributed by atoms with van der Waals surface area (Å²) in [6.07, 6.45) is 5.40. The van der Waals surface area contributed by atoms with Gasteiger partial charge in [0.05, 0.1) is 19.3 Å². The molecule has 122 valence electrons. The van der Waals surface area contributed by atoms with Gasteiger partial charge in [-0.2, -0.15) is 0 Å². The normalized spacial score (nSPS) is 19.3. The van der Waals surface area contributed by atoms with Crippen LogP contribution in [-0.2, 0) is 9.47 Å². The molecule has 2 aliphatic rings. The van der Waals surface area contributed by atoms with Crippen molar-refractivity contribution in [1.29, 1.82) is 0 Å². The molecule has 0 bridgehead atoms. The predicted octanol–water partition coefficient (Wildman–Crippen LogP) is 4.64. The van der Waals surface area contributed by atoms with Crippen molar-refractivity contribution in [2.45, 2.75) is 57.0 Å². The van der Waals surface area contributed by atoms with Gasteiger partial charge in [-0.1, -0.05) is 31.2 Å². The molecule has 3 nitrogen and oxygen atoms in total. The summed E-state index contributed by atoms with van der Waals surface area (Å²) in [5, 5.41) is 2.43. The van der Waals surface area contributed by atoms with Gasteiger partial charge in [0, 0.05) is 5.92 Å². The summed E-state index contributed by atoms with van der Waals surface area (Å²) in [6, 6.07) is 12.8. The van der Waals surface area contributed by atoms with Crippen LogP contribution in [0.3, 0.4) is 0 Å². The standard InChI is InChI=1S/C20H24O3/c1-13(20(22-17-7-8-17)23-18-9-10-18)14-3-4-16-12-19(21-2)6-5-15(16)11-14/h3-6,11-13,17-18,20H,7-10H2,1-2H3. The average molecular weight is 312 g/mol. The zero-order chi connectivity index (χ0) is 15.8. The van der Waals surface area contributed by atoms with Crippen molar-refractivity contribution < 1.29 is 14.2 Å². The molecule has 0 aliphatic heterocycles. The van der Waals surface area contributed by atoms with Gasteiger partial charge in [0.2, 0.25) is 0 Å². The van der Waals surface area contributed by atoms with Crippen LogP contribution in [0.25, 0.3) is 10.8 Å². The van der Waals surface area contributed by atoms with Gasteiger partial charge in [0.15, 0.2) is 6.29 Å². The summed E-state index contributed by atoms with van der Waals surface area (Å²) in [4.78, 5) is 0. The predicted molar refractivity (Wildman–Crippen MR) is 90.9 cm³/mol. The Morgan fingerprint density at radius 2 is 1.48 bits per heavy atom. The Hall–Kier alpha value is -1.58. The molecule has 23 heavy (non-hydrogen) atoms. The van der Waals surface area contributed by atoms with Crippen LogP contribution in [0, 0.1) is 0 Å². The molecule has 2 aromatic rings. The van der Waals surface area contributed by atoms with Crippen LogP contribution in [0.15, 0.2) is 36.4 Å². The van der Waals surface area contributed by atoms with Crippen molar-refractivity contribution >= 4 is 10.8 Å². The number of methoxy groups -OCH3 is 1. The van der Waals surface area contributed by atoms with Gasteiger partial charge in [-0.15, -0.1) is 0 Å². The van der Waals surface area contributed by atoms with Crippen molar-refractivity contribution in [3.8, 4) is 5.75 Å². The maximum atomic E-state index is 6.13. The summed E-state index contributed by atoms with van der Waals surface area (Å²) in [5.74, 6) is 1.13. The lowest BCUT2D eigenvalue weighted by Crippen LogP contribution is -2.26. The third kappa shape index (κ3) is 3.51. The maximum Gasteiger partial charge on any atom is 0.164 e. The van der Waals surface area contributed by atoms with Crippen LogP contribution in [0.1, 0.15) is 44.1 Å². The monoisotopic (exact) mass is 312 g/mol. The molecule has 0 saturated heterocycles. The summed E-state index contributed by atoms with van der Waals surface area (Å²) in [6.45, 7) is 2.21. The van der Waals surface area contributed by atoms with Crippen LogP contribution < -0.4 is 4.74 Å². The minimum atomic E-state index is -0.120. The molecule has 1 atom stereocenters. The summed E-state index contributed by atoms with van der Waals surface area (Å²) in [5.41, 5.74) is 1.27. The van der Waals surface area contributed by atoms with Crippen LogP contribution in [0.5, 0.6) is 5.75 Å². The fourth-order valence-corrected chi connectivity index (χ4v) is 2.87. The quantitative estimate of drug-likeness (QED) is 0.697. The maximum absolute atomic E-state index is 6.13. The molecule has 1 unspecified atom stereocenters. The smallest absolute Gasteiger partial charge is 0.164 e. The van der Waals surface area contributed by atoms with E-state index in [1.165, 1.54) is 42.0 Å². The second kappa shape index (κ2) is 6.14. The van der Waals surface area contributed by atoms with E-state index < -0.39 is 0 Å². The second-order valence-electron chi connectivity index (χ2n) is 6.80. The van der Waals surface area contributed by atoms with E-state index in [0.717, 1.165) is 5.75 Å². The van der Waals surface area contributed by atoms with E-state index in [4.69, 9.17) is 14.2 Å². The van der Waals surface area contributed by atoms with Crippen LogP contribution in [0.4, 0.5) is 0 Å². The Morgan fingerprint density at radius 3 is 2.09 bits per heavy atom. The molecule has 0 spiro atoms. The van der Waals surface area contributed by atoms with Gasteiger partial charge < -0.3 is 14.2 Å². The minimum Gasteiger partial charge on any atom is -0.497 e. The average Bonchev–Trinajstić information content (AvgIpc) is 3.48. The Bertz CT molecular complexity index is 674. The fourth-order valence-electron chi connectivity index (χ4n) is 2.87. The molecule has 0 aromatic heterocycles. The lowest BCUT2D eigenvalue weighted by atomic mass is 9.97. The molecule has 2 fully saturated rings. The lowest BCUT2D eigenvalue weighted by molar-refractivity contribution is -0.167. The van der Waals surface area contributed by atoms with Crippen molar-refractivity contribution in [1.82, 2.24) is 0 Å². The van der Waals surface area contributed by atoms with Crippen molar-refractivity contribution in [2.24, 2.45) is 0 Å². The Balaban J connectivity index is 1.57. The van der Waals surface area contributed by atoms with E-state index in [1.807, 2.05) is 6.07 Å². The number of benzene rings is 2. The zero-order valence-corrected chi connectivity index (χ0v) is 13.8. The van der Waals surface area contributed by atoms with E-state index >= 15 is 0 Å². The molecule has 0 amide bonds. The third-order valence-corrected chi connectivity index (χ3v) is 4.71. The topological polar surface area (TPSA) is 27.7 Å². The molecule has 0 radical (unpaired) electrons. The third-order valence-electron chi connectivity index (χ3n) is 4.71. The molecule has 2 saturated carbocycles. The minimum absolute atomic E-state index is 0.120. The molecule has 0 heterocycles. The molecular weight excluding hydrogens is 288 g/mol. The van der Waals surface area contributed by atoms with Gasteiger partial charge in [-0.3, -0.25) is 0 Å². The molecule has 3 heteroatoms. The molecular formula is C20H24O3. The number of fused-ring (bicyclic) bond motifs is 1. The van der Waals surface area contributed by atoms with E-state index in [-0.39, 0.29) is 12.2 Å². The SMILES string of the molecule is COc1ccc2cc(C(C)C(OC3CC3)OC3CC3)ccc2c1. The highest BCUT2D eigenvalue weighted by Gasteiger charge is 2.34. The number of hydrogen-bond acceptors (Lipinski definition) is 3.